The molecule has 0 bridgehead atoms. The fraction of sp³-hybridized carbons (Fsp3) is 1.00. The summed E-state index contributed by atoms with van der Waals surface area (Å²) < 4.78 is 25.6. The summed E-state index contributed by atoms with van der Waals surface area (Å²) in [7, 11) is -3.08. The van der Waals surface area contributed by atoms with E-state index in [1.807, 2.05) is 0 Å². The maximum atomic E-state index is 12.0. The Morgan fingerprint density at radius 2 is 1.82 bits per heavy atom. The molecule has 4 nitrogen and oxygen atoms in total. The van der Waals surface area contributed by atoms with Gasteiger partial charge in [-0.2, -0.15) is 0 Å². The van der Waals surface area contributed by atoms with Crippen LogP contribution in [0.3, 0.4) is 0 Å². The lowest BCUT2D eigenvalue weighted by Gasteiger charge is -2.33. The summed E-state index contributed by atoms with van der Waals surface area (Å²) in [5.41, 5.74) is 0. The van der Waals surface area contributed by atoms with Gasteiger partial charge in [-0.05, 0) is 37.5 Å². The van der Waals surface area contributed by atoms with Gasteiger partial charge in [0.1, 0.15) is 0 Å². The van der Waals surface area contributed by atoms with Gasteiger partial charge < -0.3 is 5.11 Å². The van der Waals surface area contributed by atoms with Gasteiger partial charge in [0.25, 0.3) is 0 Å². The van der Waals surface area contributed by atoms with Crippen LogP contribution in [0.15, 0.2) is 0 Å². The highest BCUT2D eigenvalue weighted by Gasteiger charge is 2.28. The first-order valence-electron chi connectivity index (χ1n) is 6.56. The molecule has 0 aromatic heterocycles. The van der Waals surface area contributed by atoms with Crippen LogP contribution in [0, 0.1) is 11.8 Å². The van der Waals surface area contributed by atoms with Gasteiger partial charge in [0.05, 0.1) is 5.75 Å². The smallest absolute Gasteiger partial charge is 0.214 e. The highest BCUT2D eigenvalue weighted by atomic mass is 32.2. The van der Waals surface area contributed by atoms with Crippen molar-refractivity contribution in [2.75, 3.05) is 25.4 Å². The number of sulfonamides is 1. The van der Waals surface area contributed by atoms with E-state index in [9.17, 15) is 8.42 Å². The monoisotopic (exact) mass is 263 g/mol. The summed E-state index contributed by atoms with van der Waals surface area (Å²) in [4.78, 5) is 0. The fourth-order valence-corrected chi connectivity index (χ4v) is 3.94. The molecule has 0 aromatic rings. The van der Waals surface area contributed by atoms with Crippen LogP contribution in [0.2, 0.25) is 0 Å². The quantitative estimate of drug-likeness (QED) is 0.738. The summed E-state index contributed by atoms with van der Waals surface area (Å²) >= 11 is 0. The number of hydrogen-bond acceptors (Lipinski definition) is 3. The molecule has 1 saturated heterocycles. The van der Waals surface area contributed by atoms with Crippen LogP contribution in [-0.2, 0) is 10.0 Å². The lowest BCUT2D eigenvalue weighted by molar-refractivity contribution is 0.226. The molecule has 102 valence electrons. The van der Waals surface area contributed by atoms with Gasteiger partial charge in [0.15, 0.2) is 0 Å². The highest BCUT2D eigenvalue weighted by molar-refractivity contribution is 7.89. The second-order valence-corrected chi connectivity index (χ2v) is 7.32. The number of nitrogens with zero attached hydrogens (tertiary/aromatic N) is 1. The van der Waals surface area contributed by atoms with E-state index in [4.69, 9.17) is 5.11 Å². The molecule has 1 N–H and O–H groups in total. The number of piperidine rings is 1. The van der Waals surface area contributed by atoms with E-state index in [0.29, 0.717) is 37.8 Å². The van der Waals surface area contributed by atoms with E-state index >= 15 is 0 Å². The molecule has 5 heteroatoms. The topological polar surface area (TPSA) is 57.6 Å². The van der Waals surface area contributed by atoms with Gasteiger partial charge >= 0.3 is 0 Å². The van der Waals surface area contributed by atoms with Crippen molar-refractivity contribution < 1.29 is 13.5 Å². The zero-order chi connectivity index (χ0) is 12.9. The first-order valence-corrected chi connectivity index (χ1v) is 8.17. The third-order valence-corrected chi connectivity index (χ3v) is 5.60. The molecular formula is C12H25NO3S. The van der Waals surface area contributed by atoms with Gasteiger partial charge in [0.2, 0.25) is 10.0 Å². The molecule has 1 rings (SSSR count). The second kappa shape index (κ2) is 6.71. The number of aliphatic hydroxyl groups excluding tert-OH is 1. The van der Waals surface area contributed by atoms with E-state index in [0.717, 1.165) is 12.8 Å². The lowest BCUT2D eigenvalue weighted by atomic mass is 9.87. The molecule has 1 heterocycles. The third kappa shape index (κ3) is 4.56. The summed E-state index contributed by atoms with van der Waals surface area (Å²) in [6.07, 6.45) is 3.10. The van der Waals surface area contributed by atoms with Gasteiger partial charge in [-0.15, -0.1) is 0 Å². The minimum absolute atomic E-state index is 0.0743. The molecule has 0 aromatic carbocycles. The normalized spacial score (nSPS) is 20.0. The van der Waals surface area contributed by atoms with Gasteiger partial charge in [0, 0.05) is 19.7 Å². The SMILES string of the molecule is CC(C)C1CCN(S(=O)(=O)CCCCO)CC1. The Bertz CT molecular complexity index is 306. The molecule has 0 spiro atoms. The van der Waals surface area contributed by atoms with Crippen molar-refractivity contribution in [3.63, 3.8) is 0 Å². The Balaban J connectivity index is 2.41. The molecule has 0 atom stereocenters. The molecule has 17 heavy (non-hydrogen) atoms. The van der Waals surface area contributed by atoms with Crippen LogP contribution in [0.5, 0.6) is 0 Å². The zero-order valence-corrected chi connectivity index (χ0v) is 11.7. The molecule has 0 radical (unpaired) electrons. The van der Waals surface area contributed by atoms with Gasteiger partial charge in [-0.1, -0.05) is 13.8 Å². The molecule has 0 unspecified atom stereocenters. The molecule has 0 saturated carbocycles. The number of rotatable bonds is 6. The first kappa shape index (κ1) is 14.9. The maximum Gasteiger partial charge on any atom is 0.214 e. The standard InChI is InChI=1S/C12H25NO3S/c1-11(2)12-5-7-13(8-6-12)17(15,16)10-4-3-9-14/h11-12,14H,3-10H2,1-2H3. The van der Waals surface area contributed by atoms with Crippen LogP contribution in [-0.4, -0.2) is 43.3 Å². The summed E-state index contributed by atoms with van der Waals surface area (Å²) in [6, 6.07) is 0. The average molecular weight is 263 g/mol. The Labute approximate surface area is 105 Å². The van der Waals surface area contributed by atoms with Crippen molar-refractivity contribution in [3.05, 3.63) is 0 Å². The number of hydrogen-bond donors (Lipinski definition) is 1. The van der Waals surface area contributed by atoms with Crippen molar-refractivity contribution >= 4 is 10.0 Å². The maximum absolute atomic E-state index is 12.0. The fourth-order valence-electron chi connectivity index (χ4n) is 2.35. The number of aliphatic hydroxyl groups is 1. The van der Waals surface area contributed by atoms with Gasteiger partial charge in [-0.3, -0.25) is 0 Å². The largest absolute Gasteiger partial charge is 0.396 e. The van der Waals surface area contributed by atoms with Crippen LogP contribution in [0.4, 0.5) is 0 Å². The van der Waals surface area contributed by atoms with E-state index in [1.165, 1.54) is 0 Å². The zero-order valence-electron chi connectivity index (χ0n) is 10.9. The highest BCUT2D eigenvalue weighted by Crippen LogP contribution is 2.26. The number of unbranched alkanes of at least 4 members (excludes halogenated alkanes) is 1. The molecule has 1 aliphatic rings. The lowest BCUT2D eigenvalue weighted by Crippen LogP contribution is -2.40. The minimum Gasteiger partial charge on any atom is -0.396 e. The van der Waals surface area contributed by atoms with Crippen LogP contribution < -0.4 is 0 Å². The van der Waals surface area contributed by atoms with E-state index < -0.39 is 10.0 Å². The van der Waals surface area contributed by atoms with Crippen molar-refractivity contribution in [3.8, 4) is 0 Å². The predicted molar refractivity (Wildman–Crippen MR) is 69.2 cm³/mol. The van der Waals surface area contributed by atoms with Crippen LogP contribution >= 0.6 is 0 Å². The Morgan fingerprint density at radius 3 is 2.29 bits per heavy atom. The predicted octanol–water partition coefficient (Wildman–Crippen LogP) is 1.46. The van der Waals surface area contributed by atoms with Crippen molar-refractivity contribution in [2.24, 2.45) is 11.8 Å². The summed E-state index contributed by atoms with van der Waals surface area (Å²) in [5.74, 6) is 1.49. The average Bonchev–Trinajstić information content (AvgIpc) is 2.29. The van der Waals surface area contributed by atoms with Crippen molar-refractivity contribution in [1.29, 1.82) is 0 Å². The van der Waals surface area contributed by atoms with Crippen molar-refractivity contribution in [2.45, 2.75) is 39.5 Å². The second-order valence-electron chi connectivity index (χ2n) is 5.23. The summed E-state index contributed by atoms with van der Waals surface area (Å²) in [6.45, 7) is 5.83. The first-order chi connectivity index (χ1) is 7.97. The molecular weight excluding hydrogens is 238 g/mol. The minimum atomic E-state index is -3.08. The Hall–Kier alpha value is -0.130. The van der Waals surface area contributed by atoms with Crippen molar-refractivity contribution in [1.82, 2.24) is 4.31 Å². The molecule has 1 aliphatic heterocycles. The van der Waals surface area contributed by atoms with E-state index in [2.05, 4.69) is 13.8 Å². The third-order valence-electron chi connectivity index (χ3n) is 3.65. The summed E-state index contributed by atoms with van der Waals surface area (Å²) in [5, 5.41) is 8.66. The molecule has 0 aliphatic carbocycles. The van der Waals surface area contributed by atoms with Crippen LogP contribution in [0.1, 0.15) is 39.5 Å². The Morgan fingerprint density at radius 1 is 1.24 bits per heavy atom. The molecule has 0 amide bonds. The van der Waals surface area contributed by atoms with E-state index in [-0.39, 0.29) is 12.4 Å². The molecule has 1 fully saturated rings. The van der Waals surface area contributed by atoms with Crippen LogP contribution in [0.25, 0.3) is 0 Å². The van der Waals surface area contributed by atoms with E-state index in [1.54, 1.807) is 4.31 Å². The van der Waals surface area contributed by atoms with Gasteiger partial charge in [-0.25, -0.2) is 12.7 Å². The Kier molecular flexibility index (Phi) is 5.89.